The molecule has 4 rings (SSSR count). The van der Waals surface area contributed by atoms with Crippen molar-refractivity contribution in [2.24, 2.45) is 0 Å². The van der Waals surface area contributed by atoms with E-state index in [-0.39, 0.29) is 0 Å². The molecule has 0 fully saturated rings. The maximum Gasteiger partial charge on any atom is 0.350 e. The number of hydrogen-bond donors (Lipinski definition) is 0. The SMILES string of the molecule is COc1ccc2oc(=O)c(SSc3cc4cc(OC)ccc4oc3=O)cc2c1. The first-order valence-electron chi connectivity index (χ1n) is 8.16. The molecule has 0 saturated heterocycles. The van der Waals surface area contributed by atoms with Crippen LogP contribution in [0.5, 0.6) is 11.5 Å². The van der Waals surface area contributed by atoms with E-state index in [2.05, 4.69) is 0 Å². The minimum atomic E-state index is -0.470. The standard InChI is InChI=1S/C20H14O6S2/c1-23-13-3-5-15-11(7-13)9-17(19(21)25-15)27-28-18-10-12-8-14(24-2)4-6-16(12)26-20(18)22/h3-10H,1-2H3. The van der Waals surface area contributed by atoms with Gasteiger partial charge >= 0.3 is 11.3 Å². The van der Waals surface area contributed by atoms with Crippen LogP contribution >= 0.6 is 21.6 Å². The molecule has 0 aliphatic rings. The van der Waals surface area contributed by atoms with E-state index in [1.54, 1.807) is 62.8 Å². The second-order valence-electron chi connectivity index (χ2n) is 5.77. The molecule has 0 unspecified atom stereocenters. The molecule has 6 nitrogen and oxygen atoms in total. The Kier molecular flexibility index (Phi) is 5.06. The van der Waals surface area contributed by atoms with Crippen molar-refractivity contribution in [2.75, 3.05) is 14.2 Å². The lowest BCUT2D eigenvalue weighted by molar-refractivity contribution is 0.415. The highest BCUT2D eigenvalue weighted by Gasteiger charge is 2.12. The average Bonchev–Trinajstić information content (AvgIpc) is 2.71. The number of hydrogen-bond acceptors (Lipinski definition) is 8. The monoisotopic (exact) mass is 414 g/mol. The second-order valence-corrected chi connectivity index (χ2v) is 7.98. The Morgan fingerprint density at radius 1 is 0.679 bits per heavy atom. The van der Waals surface area contributed by atoms with Crippen LogP contribution in [0.15, 0.2) is 76.7 Å². The van der Waals surface area contributed by atoms with Crippen molar-refractivity contribution in [2.45, 2.75) is 9.79 Å². The Labute approximate surface area is 166 Å². The Bertz CT molecular complexity index is 1190. The fraction of sp³-hybridized carbons (Fsp3) is 0.100. The largest absolute Gasteiger partial charge is 0.497 e. The molecule has 0 amide bonds. The molecule has 0 bridgehead atoms. The van der Waals surface area contributed by atoms with Crippen LogP contribution in [0.2, 0.25) is 0 Å². The van der Waals surface area contributed by atoms with Gasteiger partial charge in [0, 0.05) is 10.8 Å². The summed E-state index contributed by atoms with van der Waals surface area (Å²) >= 11 is 0. The first-order valence-corrected chi connectivity index (χ1v) is 10.3. The average molecular weight is 414 g/mol. The van der Waals surface area contributed by atoms with E-state index in [4.69, 9.17) is 18.3 Å². The summed E-state index contributed by atoms with van der Waals surface area (Å²) in [4.78, 5) is 25.2. The molecule has 142 valence electrons. The fourth-order valence-corrected chi connectivity index (χ4v) is 4.61. The van der Waals surface area contributed by atoms with Gasteiger partial charge in [0.1, 0.15) is 32.5 Å². The number of methoxy groups -OCH3 is 2. The van der Waals surface area contributed by atoms with Gasteiger partial charge < -0.3 is 18.3 Å². The van der Waals surface area contributed by atoms with E-state index in [1.807, 2.05) is 0 Å². The van der Waals surface area contributed by atoms with Crippen molar-refractivity contribution < 1.29 is 18.3 Å². The molecule has 4 aromatic rings. The van der Waals surface area contributed by atoms with Gasteiger partial charge in [-0.2, -0.15) is 0 Å². The fourth-order valence-electron chi connectivity index (χ4n) is 2.63. The second kappa shape index (κ2) is 7.65. The van der Waals surface area contributed by atoms with Crippen LogP contribution < -0.4 is 20.7 Å². The van der Waals surface area contributed by atoms with Crippen LogP contribution in [0.4, 0.5) is 0 Å². The summed E-state index contributed by atoms with van der Waals surface area (Å²) in [5.41, 5.74) is -0.000968. The van der Waals surface area contributed by atoms with E-state index < -0.39 is 11.3 Å². The highest BCUT2D eigenvalue weighted by Crippen LogP contribution is 2.36. The van der Waals surface area contributed by atoms with Crippen molar-refractivity contribution in [3.63, 3.8) is 0 Å². The predicted octanol–water partition coefficient (Wildman–Crippen LogP) is 4.72. The Morgan fingerprint density at radius 2 is 1.11 bits per heavy atom. The lowest BCUT2D eigenvalue weighted by Crippen LogP contribution is -2.03. The predicted molar refractivity (Wildman–Crippen MR) is 110 cm³/mol. The van der Waals surface area contributed by atoms with Gasteiger partial charge in [0.25, 0.3) is 0 Å². The summed E-state index contributed by atoms with van der Waals surface area (Å²) in [5, 5.41) is 1.47. The number of fused-ring (bicyclic) bond motifs is 2. The normalized spacial score (nSPS) is 11.1. The Morgan fingerprint density at radius 3 is 1.50 bits per heavy atom. The topological polar surface area (TPSA) is 78.9 Å². The van der Waals surface area contributed by atoms with Crippen LogP contribution in [-0.4, -0.2) is 14.2 Å². The van der Waals surface area contributed by atoms with Crippen molar-refractivity contribution >= 4 is 43.5 Å². The van der Waals surface area contributed by atoms with E-state index in [0.717, 1.165) is 32.4 Å². The maximum absolute atomic E-state index is 12.2. The molecule has 2 heterocycles. The van der Waals surface area contributed by atoms with Crippen molar-refractivity contribution in [1.82, 2.24) is 0 Å². The third-order valence-electron chi connectivity index (χ3n) is 4.04. The van der Waals surface area contributed by atoms with E-state index in [0.29, 0.717) is 32.5 Å². The van der Waals surface area contributed by atoms with E-state index in [9.17, 15) is 9.59 Å². The minimum absolute atomic E-state index is 0.371. The first kappa shape index (κ1) is 18.5. The summed E-state index contributed by atoms with van der Waals surface area (Å²) in [7, 11) is 5.42. The molecule has 0 spiro atoms. The number of rotatable bonds is 5. The molecular weight excluding hydrogens is 400 g/mol. The molecular formula is C20H14O6S2. The van der Waals surface area contributed by atoms with Crippen LogP contribution in [-0.2, 0) is 0 Å². The molecule has 0 atom stereocenters. The van der Waals surface area contributed by atoms with Crippen LogP contribution in [0, 0.1) is 0 Å². The van der Waals surface area contributed by atoms with Crippen molar-refractivity contribution in [1.29, 1.82) is 0 Å². The van der Waals surface area contributed by atoms with Gasteiger partial charge in [0.2, 0.25) is 0 Å². The summed E-state index contributed by atoms with van der Waals surface area (Å²) < 4.78 is 21.1. The van der Waals surface area contributed by atoms with Gasteiger partial charge in [-0.15, -0.1) is 0 Å². The van der Waals surface area contributed by atoms with Gasteiger partial charge in [-0.25, -0.2) is 9.59 Å². The lowest BCUT2D eigenvalue weighted by Gasteiger charge is -2.05. The maximum atomic E-state index is 12.2. The van der Waals surface area contributed by atoms with Crippen LogP contribution in [0.3, 0.4) is 0 Å². The summed E-state index contributed by atoms with van der Waals surface area (Å²) in [6.07, 6.45) is 0. The minimum Gasteiger partial charge on any atom is -0.497 e. The van der Waals surface area contributed by atoms with Gasteiger partial charge in [-0.1, -0.05) is 0 Å². The zero-order valence-corrected chi connectivity index (χ0v) is 16.5. The highest BCUT2D eigenvalue weighted by atomic mass is 33.1. The smallest absolute Gasteiger partial charge is 0.350 e. The van der Waals surface area contributed by atoms with Gasteiger partial charge in [-0.3, -0.25) is 0 Å². The van der Waals surface area contributed by atoms with Crippen molar-refractivity contribution in [3.05, 3.63) is 69.4 Å². The van der Waals surface area contributed by atoms with Gasteiger partial charge in [0.15, 0.2) is 0 Å². The summed E-state index contributed by atoms with van der Waals surface area (Å²) in [6.45, 7) is 0. The number of benzene rings is 2. The first-order chi connectivity index (χ1) is 13.6. The number of ether oxygens (including phenoxy) is 2. The zero-order chi connectivity index (χ0) is 19.7. The van der Waals surface area contributed by atoms with Crippen LogP contribution in [0.1, 0.15) is 0 Å². The Hall–Kier alpha value is -2.84. The molecule has 8 heteroatoms. The summed E-state index contributed by atoms with van der Waals surface area (Å²) in [6, 6.07) is 13.8. The molecule has 0 aliphatic carbocycles. The Balaban J connectivity index is 1.66. The molecule has 2 aromatic heterocycles. The molecule has 2 aromatic carbocycles. The lowest BCUT2D eigenvalue weighted by atomic mass is 10.2. The molecule has 28 heavy (non-hydrogen) atoms. The van der Waals surface area contributed by atoms with E-state index in [1.165, 1.54) is 0 Å². The van der Waals surface area contributed by atoms with Crippen molar-refractivity contribution in [3.8, 4) is 11.5 Å². The van der Waals surface area contributed by atoms with Gasteiger partial charge in [0.05, 0.1) is 14.2 Å². The zero-order valence-electron chi connectivity index (χ0n) is 14.9. The third-order valence-corrected chi connectivity index (χ3v) is 6.37. The van der Waals surface area contributed by atoms with Gasteiger partial charge in [-0.05, 0) is 70.1 Å². The quantitative estimate of drug-likeness (QED) is 0.343. The molecule has 0 aliphatic heterocycles. The molecule has 0 saturated carbocycles. The van der Waals surface area contributed by atoms with Crippen LogP contribution in [0.25, 0.3) is 21.9 Å². The summed E-state index contributed by atoms with van der Waals surface area (Å²) in [5.74, 6) is 1.32. The molecule has 0 N–H and O–H groups in total. The third kappa shape index (κ3) is 3.61. The van der Waals surface area contributed by atoms with E-state index >= 15 is 0 Å². The molecule has 0 radical (unpaired) electrons. The highest BCUT2D eigenvalue weighted by molar-refractivity contribution is 8.76.